The SMILES string of the molecule is CC(C)CN(c1ccncc1)c1csc2cccc(Cl)c12. The Morgan fingerprint density at radius 2 is 1.95 bits per heavy atom. The quantitative estimate of drug-likeness (QED) is 0.609. The van der Waals surface area contributed by atoms with Gasteiger partial charge in [0, 0.05) is 40.1 Å². The minimum absolute atomic E-state index is 0.551. The lowest BCUT2D eigenvalue weighted by Gasteiger charge is -2.26. The molecule has 2 nitrogen and oxygen atoms in total. The van der Waals surface area contributed by atoms with Gasteiger partial charge in [-0.05, 0) is 30.2 Å². The summed E-state index contributed by atoms with van der Waals surface area (Å²) in [5, 5.41) is 4.15. The van der Waals surface area contributed by atoms with E-state index in [1.807, 2.05) is 36.7 Å². The molecule has 0 aliphatic carbocycles. The van der Waals surface area contributed by atoms with Gasteiger partial charge in [0.25, 0.3) is 0 Å². The van der Waals surface area contributed by atoms with Crippen molar-refractivity contribution in [3.63, 3.8) is 0 Å². The number of anilines is 2. The maximum absolute atomic E-state index is 6.44. The molecule has 108 valence electrons. The van der Waals surface area contributed by atoms with E-state index in [2.05, 4.69) is 35.2 Å². The summed E-state index contributed by atoms with van der Waals surface area (Å²) in [6.07, 6.45) is 3.66. The summed E-state index contributed by atoms with van der Waals surface area (Å²) in [7, 11) is 0. The first-order valence-corrected chi connectivity index (χ1v) is 8.26. The van der Waals surface area contributed by atoms with E-state index in [9.17, 15) is 0 Å². The van der Waals surface area contributed by atoms with Gasteiger partial charge in [-0.1, -0.05) is 31.5 Å². The van der Waals surface area contributed by atoms with Crippen molar-refractivity contribution in [1.29, 1.82) is 0 Å². The third-order valence-corrected chi connectivity index (χ3v) is 4.59. The van der Waals surface area contributed by atoms with Gasteiger partial charge in [0.15, 0.2) is 0 Å². The van der Waals surface area contributed by atoms with E-state index in [-0.39, 0.29) is 0 Å². The van der Waals surface area contributed by atoms with Crippen molar-refractivity contribution < 1.29 is 0 Å². The first-order chi connectivity index (χ1) is 10.2. The van der Waals surface area contributed by atoms with Gasteiger partial charge in [-0.25, -0.2) is 0 Å². The van der Waals surface area contributed by atoms with Gasteiger partial charge in [-0.2, -0.15) is 0 Å². The highest BCUT2D eigenvalue weighted by atomic mass is 35.5. The predicted octanol–water partition coefficient (Wildman–Crippen LogP) is 5.74. The molecule has 0 radical (unpaired) electrons. The van der Waals surface area contributed by atoms with Crippen molar-refractivity contribution >= 4 is 44.4 Å². The molecule has 1 aromatic carbocycles. The van der Waals surface area contributed by atoms with E-state index in [0.717, 1.165) is 22.6 Å². The summed E-state index contributed by atoms with van der Waals surface area (Å²) >= 11 is 8.18. The highest BCUT2D eigenvalue weighted by Crippen LogP contribution is 2.40. The molecule has 3 aromatic rings. The number of pyridine rings is 1. The first-order valence-electron chi connectivity index (χ1n) is 7.00. The second kappa shape index (κ2) is 6.04. The van der Waals surface area contributed by atoms with E-state index >= 15 is 0 Å². The Labute approximate surface area is 134 Å². The smallest absolute Gasteiger partial charge is 0.0614 e. The lowest BCUT2D eigenvalue weighted by molar-refractivity contribution is 0.652. The molecule has 0 fully saturated rings. The Kier molecular flexibility index (Phi) is 4.13. The largest absolute Gasteiger partial charge is 0.340 e. The van der Waals surface area contributed by atoms with Crippen LogP contribution in [-0.2, 0) is 0 Å². The first kappa shape index (κ1) is 14.4. The van der Waals surface area contributed by atoms with Crippen LogP contribution in [0.5, 0.6) is 0 Å². The zero-order valence-electron chi connectivity index (χ0n) is 12.1. The van der Waals surface area contributed by atoms with Crippen molar-refractivity contribution in [1.82, 2.24) is 4.98 Å². The summed E-state index contributed by atoms with van der Waals surface area (Å²) in [5.41, 5.74) is 2.33. The summed E-state index contributed by atoms with van der Waals surface area (Å²) in [6.45, 7) is 5.40. The molecule has 0 N–H and O–H groups in total. The number of thiophene rings is 1. The van der Waals surface area contributed by atoms with Gasteiger partial charge >= 0.3 is 0 Å². The van der Waals surface area contributed by atoms with Crippen LogP contribution in [0.1, 0.15) is 13.8 Å². The number of aromatic nitrogens is 1. The van der Waals surface area contributed by atoms with E-state index in [0.29, 0.717) is 5.92 Å². The van der Waals surface area contributed by atoms with Crippen LogP contribution in [0.25, 0.3) is 10.1 Å². The van der Waals surface area contributed by atoms with Crippen LogP contribution in [0, 0.1) is 5.92 Å². The molecule has 0 saturated heterocycles. The fourth-order valence-corrected chi connectivity index (χ4v) is 3.76. The molecule has 3 rings (SSSR count). The van der Waals surface area contributed by atoms with Crippen LogP contribution >= 0.6 is 22.9 Å². The maximum Gasteiger partial charge on any atom is 0.0614 e. The Hall–Kier alpha value is -1.58. The van der Waals surface area contributed by atoms with Crippen LogP contribution in [0.2, 0.25) is 5.02 Å². The van der Waals surface area contributed by atoms with Crippen LogP contribution in [0.15, 0.2) is 48.1 Å². The topological polar surface area (TPSA) is 16.1 Å². The van der Waals surface area contributed by atoms with Crippen LogP contribution in [-0.4, -0.2) is 11.5 Å². The second-order valence-electron chi connectivity index (χ2n) is 5.44. The number of rotatable bonds is 4. The number of fused-ring (bicyclic) bond motifs is 1. The molecule has 0 saturated carbocycles. The third kappa shape index (κ3) is 2.89. The summed E-state index contributed by atoms with van der Waals surface area (Å²) in [4.78, 5) is 6.45. The number of nitrogens with zero attached hydrogens (tertiary/aromatic N) is 2. The molecule has 0 bridgehead atoms. The van der Waals surface area contributed by atoms with Crippen molar-refractivity contribution in [2.45, 2.75) is 13.8 Å². The van der Waals surface area contributed by atoms with Crippen LogP contribution < -0.4 is 4.90 Å². The van der Waals surface area contributed by atoms with Crippen molar-refractivity contribution in [2.75, 3.05) is 11.4 Å². The number of halogens is 1. The monoisotopic (exact) mass is 316 g/mol. The highest BCUT2D eigenvalue weighted by molar-refractivity contribution is 7.18. The average molecular weight is 317 g/mol. The summed E-state index contributed by atoms with van der Waals surface area (Å²) < 4.78 is 1.22. The molecular weight excluding hydrogens is 300 g/mol. The number of benzene rings is 1. The molecule has 0 spiro atoms. The molecule has 2 heterocycles. The normalized spacial score (nSPS) is 11.2. The summed E-state index contributed by atoms with van der Waals surface area (Å²) in [6, 6.07) is 10.2. The Morgan fingerprint density at radius 1 is 1.19 bits per heavy atom. The fourth-order valence-electron chi connectivity index (χ4n) is 2.46. The van der Waals surface area contributed by atoms with Gasteiger partial charge in [-0.3, -0.25) is 4.98 Å². The molecule has 4 heteroatoms. The van der Waals surface area contributed by atoms with Crippen molar-refractivity contribution in [3.8, 4) is 0 Å². The molecule has 0 unspecified atom stereocenters. The lowest BCUT2D eigenvalue weighted by atomic mass is 10.1. The third-order valence-electron chi connectivity index (χ3n) is 3.34. The zero-order chi connectivity index (χ0) is 14.8. The van der Waals surface area contributed by atoms with E-state index in [1.54, 1.807) is 11.3 Å². The Bertz CT molecular complexity index is 737. The Balaban J connectivity index is 2.15. The minimum atomic E-state index is 0.551. The predicted molar refractivity (Wildman–Crippen MR) is 92.9 cm³/mol. The van der Waals surface area contributed by atoms with Gasteiger partial charge < -0.3 is 4.90 Å². The number of hydrogen-bond acceptors (Lipinski definition) is 3. The second-order valence-corrected chi connectivity index (χ2v) is 6.76. The fraction of sp³-hybridized carbons (Fsp3) is 0.235. The molecule has 0 aliphatic rings. The van der Waals surface area contributed by atoms with Gasteiger partial charge in [0.2, 0.25) is 0 Å². The molecular formula is C17H17ClN2S. The lowest BCUT2D eigenvalue weighted by Crippen LogP contribution is -2.22. The zero-order valence-corrected chi connectivity index (χ0v) is 13.7. The standard InChI is InChI=1S/C17H17ClN2S/c1-12(2)10-20(13-6-8-19-9-7-13)15-11-21-16-5-3-4-14(18)17(15)16/h3-9,11-12H,10H2,1-2H3. The Morgan fingerprint density at radius 3 is 2.67 bits per heavy atom. The maximum atomic E-state index is 6.44. The van der Waals surface area contributed by atoms with Crippen LogP contribution in [0.3, 0.4) is 0 Å². The molecule has 0 atom stereocenters. The van der Waals surface area contributed by atoms with E-state index in [4.69, 9.17) is 11.6 Å². The minimum Gasteiger partial charge on any atom is -0.340 e. The highest BCUT2D eigenvalue weighted by Gasteiger charge is 2.17. The van der Waals surface area contributed by atoms with E-state index in [1.165, 1.54) is 10.4 Å². The van der Waals surface area contributed by atoms with Crippen LogP contribution in [0.4, 0.5) is 11.4 Å². The van der Waals surface area contributed by atoms with Crippen molar-refractivity contribution in [3.05, 3.63) is 53.1 Å². The van der Waals surface area contributed by atoms with Crippen molar-refractivity contribution in [2.24, 2.45) is 5.92 Å². The number of hydrogen-bond donors (Lipinski definition) is 0. The van der Waals surface area contributed by atoms with E-state index < -0.39 is 0 Å². The molecule has 2 aromatic heterocycles. The summed E-state index contributed by atoms with van der Waals surface area (Å²) in [5.74, 6) is 0.551. The average Bonchev–Trinajstić information content (AvgIpc) is 2.91. The van der Waals surface area contributed by atoms with Gasteiger partial charge in [0.05, 0.1) is 10.7 Å². The van der Waals surface area contributed by atoms with Gasteiger partial charge in [0.1, 0.15) is 0 Å². The molecule has 0 aliphatic heterocycles. The molecule has 21 heavy (non-hydrogen) atoms. The van der Waals surface area contributed by atoms with Gasteiger partial charge in [-0.15, -0.1) is 11.3 Å². The molecule has 0 amide bonds.